The predicted molar refractivity (Wildman–Crippen MR) is 76.3 cm³/mol. The van der Waals surface area contributed by atoms with Crippen molar-refractivity contribution in [3.63, 3.8) is 0 Å². The standard InChI is InChI=1S/C13H18ClN3O2/c1-9-5-6-11(10(14)8-9)17-12(18)4-2-3-7-16-13(15)19/h5-6,8H,2-4,7H2,1H3,(H,17,18)(H3,15,16,19). The smallest absolute Gasteiger partial charge is 0.312 e. The number of aryl methyl sites for hydroxylation is 1. The number of carbonyl (C=O) groups is 2. The maximum absolute atomic E-state index is 11.7. The number of urea groups is 1. The third kappa shape index (κ3) is 6.10. The summed E-state index contributed by atoms with van der Waals surface area (Å²) in [6.07, 6.45) is 1.76. The second-order valence-electron chi connectivity index (χ2n) is 4.28. The van der Waals surface area contributed by atoms with Crippen molar-refractivity contribution in [2.45, 2.75) is 26.2 Å². The van der Waals surface area contributed by atoms with Gasteiger partial charge in [-0.25, -0.2) is 4.79 Å². The molecule has 1 aromatic carbocycles. The fraction of sp³-hybridized carbons (Fsp3) is 0.385. The predicted octanol–water partition coefficient (Wildman–Crippen LogP) is 2.43. The Kier molecular flexibility index (Phi) is 6.15. The van der Waals surface area contributed by atoms with Crippen LogP contribution in [0.15, 0.2) is 18.2 Å². The van der Waals surface area contributed by atoms with Crippen LogP contribution in [-0.2, 0) is 4.79 Å². The summed E-state index contributed by atoms with van der Waals surface area (Å²) < 4.78 is 0. The van der Waals surface area contributed by atoms with Crippen molar-refractivity contribution < 1.29 is 9.59 Å². The summed E-state index contributed by atoms with van der Waals surface area (Å²) in [5.74, 6) is -0.0928. The van der Waals surface area contributed by atoms with Gasteiger partial charge >= 0.3 is 6.03 Å². The molecule has 0 unspecified atom stereocenters. The van der Waals surface area contributed by atoms with Gasteiger partial charge in [-0.15, -0.1) is 0 Å². The summed E-state index contributed by atoms with van der Waals surface area (Å²) in [6, 6.07) is 4.92. The van der Waals surface area contributed by atoms with Gasteiger partial charge in [0.05, 0.1) is 10.7 Å². The molecule has 0 heterocycles. The molecule has 0 bridgehead atoms. The second-order valence-corrected chi connectivity index (χ2v) is 4.69. The first-order chi connectivity index (χ1) is 8.99. The lowest BCUT2D eigenvalue weighted by Crippen LogP contribution is -2.30. The van der Waals surface area contributed by atoms with Crippen molar-refractivity contribution in [2.75, 3.05) is 11.9 Å². The molecule has 3 amide bonds. The maximum atomic E-state index is 11.7. The molecule has 104 valence electrons. The number of nitrogens with two attached hydrogens (primary N) is 1. The SMILES string of the molecule is Cc1ccc(NC(=O)CCCCNC(N)=O)c(Cl)c1. The first-order valence-electron chi connectivity index (χ1n) is 6.08. The Bertz CT molecular complexity index is 463. The van der Waals surface area contributed by atoms with Gasteiger partial charge in [-0.2, -0.15) is 0 Å². The van der Waals surface area contributed by atoms with Crippen LogP contribution in [-0.4, -0.2) is 18.5 Å². The minimum Gasteiger partial charge on any atom is -0.352 e. The van der Waals surface area contributed by atoms with E-state index in [4.69, 9.17) is 17.3 Å². The van der Waals surface area contributed by atoms with Crippen LogP contribution in [0.25, 0.3) is 0 Å². The molecule has 5 nitrogen and oxygen atoms in total. The summed E-state index contributed by atoms with van der Waals surface area (Å²) in [7, 11) is 0. The molecule has 0 saturated carbocycles. The van der Waals surface area contributed by atoms with Gasteiger partial charge in [0, 0.05) is 13.0 Å². The van der Waals surface area contributed by atoms with E-state index >= 15 is 0 Å². The lowest BCUT2D eigenvalue weighted by molar-refractivity contribution is -0.116. The third-order valence-corrected chi connectivity index (χ3v) is 2.84. The lowest BCUT2D eigenvalue weighted by atomic mass is 10.2. The highest BCUT2D eigenvalue weighted by atomic mass is 35.5. The molecule has 0 fully saturated rings. The molecule has 0 saturated heterocycles. The van der Waals surface area contributed by atoms with E-state index in [1.165, 1.54) is 0 Å². The molecule has 4 N–H and O–H groups in total. The van der Waals surface area contributed by atoms with Gasteiger partial charge in [0.1, 0.15) is 0 Å². The van der Waals surface area contributed by atoms with Crippen molar-refractivity contribution in [2.24, 2.45) is 5.73 Å². The maximum Gasteiger partial charge on any atom is 0.312 e. The van der Waals surface area contributed by atoms with Gasteiger partial charge < -0.3 is 16.4 Å². The van der Waals surface area contributed by atoms with Crippen LogP contribution in [0.2, 0.25) is 5.02 Å². The fourth-order valence-corrected chi connectivity index (χ4v) is 1.84. The van der Waals surface area contributed by atoms with Crippen molar-refractivity contribution >= 4 is 29.2 Å². The summed E-state index contributed by atoms with van der Waals surface area (Å²) in [4.78, 5) is 22.1. The highest BCUT2D eigenvalue weighted by molar-refractivity contribution is 6.33. The van der Waals surface area contributed by atoms with Crippen LogP contribution >= 0.6 is 11.6 Å². The molecule has 0 aromatic heterocycles. The van der Waals surface area contributed by atoms with Crippen molar-refractivity contribution in [1.82, 2.24) is 5.32 Å². The molecule has 19 heavy (non-hydrogen) atoms. The third-order valence-electron chi connectivity index (χ3n) is 2.53. The number of halogens is 1. The molecular formula is C13H18ClN3O2. The van der Waals surface area contributed by atoms with Crippen LogP contribution in [0.5, 0.6) is 0 Å². The fourth-order valence-electron chi connectivity index (χ4n) is 1.56. The minimum atomic E-state index is -0.545. The number of hydrogen-bond acceptors (Lipinski definition) is 2. The zero-order chi connectivity index (χ0) is 14.3. The normalized spacial score (nSPS) is 10.0. The van der Waals surface area contributed by atoms with E-state index in [1.54, 1.807) is 12.1 Å². The summed E-state index contributed by atoms with van der Waals surface area (Å²) in [5.41, 5.74) is 6.58. The average Bonchev–Trinajstić information content (AvgIpc) is 2.32. The highest BCUT2D eigenvalue weighted by Gasteiger charge is 2.05. The number of primary amides is 1. The van der Waals surface area contributed by atoms with E-state index in [1.807, 2.05) is 13.0 Å². The highest BCUT2D eigenvalue weighted by Crippen LogP contribution is 2.22. The van der Waals surface area contributed by atoms with E-state index in [-0.39, 0.29) is 5.91 Å². The van der Waals surface area contributed by atoms with Crippen LogP contribution in [0.4, 0.5) is 10.5 Å². The summed E-state index contributed by atoms with van der Waals surface area (Å²) >= 11 is 6.02. The summed E-state index contributed by atoms with van der Waals surface area (Å²) in [5, 5.41) is 5.76. The first kappa shape index (κ1) is 15.3. The van der Waals surface area contributed by atoms with Gasteiger partial charge in [0.25, 0.3) is 0 Å². The van der Waals surface area contributed by atoms with Crippen LogP contribution in [0, 0.1) is 6.92 Å². The van der Waals surface area contributed by atoms with Crippen molar-refractivity contribution in [3.05, 3.63) is 28.8 Å². The Labute approximate surface area is 117 Å². The Morgan fingerprint density at radius 3 is 2.68 bits per heavy atom. The Hall–Kier alpha value is -1.75. The number of benzene rings is 1. The van der Waals surface area contributed by atoms with Crippen molar-refractivity contribution in [3.8, 4) is 0 Å². The quantitative estimate of drug-likeness (QED) is 0.701. The lowest BCUT2D eigenvalue weighted by Gasteiger charge is -2.08. The molecule has 0 spiro atoms. The average molecular weight is 284 g/mol. The van der Waals surface area contributed by atoms with Gasteiger partial charge in [-0.05, 0) is 37.5 Å². The van der Waals surface area contributed by atoms with E-state index < -0.39 is 6.03 Å². The van der Waals surface area contributed by atoms with Crippen LogP contribution < -0.4 is 16.4 Å². The Morgan fingerprint density at radius 1 is 1.32 bits per heavy atom. The Morgan fingerprint density at radius 2 is 2.05 bits per heavy atom. The molecule has 0 aliphatic rings. The largest absolute Gasteiger partial charge is 0.352 e. The van der Waals surface area contributed by atoms with E-state index in [2.05, 4.69) is 10.6 Å². The van der Waals surface area contributed by atoms with Gasteiger partial charge in [-0.3, -0.25) is 4.79 Å². The minimum absolute atomic E-state index is 0.0928. The molecule has 6 heteroatoms. The number of nitrogens with one attached hydrogen (secondary N) is 2. The number of hydrogen-bond donors (Lipinski definition) is 3. The zero-order valence-corrected chi connectivity index (χ0v) is 11.6. The monoisotopic (exact) mass is 283 g/mol. The molecule has 0 atom stereocenters. The number of anilines is 1. The number of rotatable bonds is 6. The number of carbonyl (C=O) groups excluding carboxylic acids is 2. The molecular weight excluding hydrogens is 266 g/mol. The van der Waals surface area contributed by atoms with Gasteiger partial charge in [0.2, 0.25) is 5.91 Å². The second kappa shape index (κ2) is 7.63. The molecule has 0 aliphatic carbocycles. The molecule has 1 rings (SSSR count). The summed E-state index contributed by atoms with van der Waals surface area (Å²) in [6.45, 7) is 2.41. The molecule has 0 radical (unpaired) electrons. The van der Waals surface area contributed by atoms with E-state index in [0.29, 0.717) is 36.5 Å². The van der Waals surface area contributed by atoms with Crippen LogP contribution in [0.3, 0.4) is 0 Å². The van der Waals surface area contributed by atoms with E-state index in [9.17, 15) is 9.59 Å². The first-order valence-corrected chi connectivity index (χ1v) is 6.46. The van der Waals surface area contributed by atoms with Crippen molar-refractivity contribution in [1.29, 1.82) is 0 Å². The van der Waals surface area contributed by atoms with E-state index in [0.717, 1.165) is 5.56 Å². The molecule has 1 aromatic rings. The van der Waals surface area contributed by atoms with Crippen LogP contribution in [0.1, 0.15) is 24.8 Å². The van der Waals surface area contributed by atoms with Gasteiger partial charge in [-0.1, -0.05) is 17.7 Å². The zero-order valence-electron chi connectivity index (χ0n) is 10.8. The number of amides is 3. The molecule has 0 aliphatic heterocycles. The van der Waals surface area contributed by atoms with Gasteiger partial charge in [0.15, 0.2) is 0 Å². The number of unbranched alkanes of at least 4 members (excludes halogenated alkanes) is 1. The topological polar surface area (TPSA) is 84.2 Å². The Balaban J connectivity index is 2.29.